The molecule has 116 valence electrons. The Balaban J connectivity index is 5.29. The van der Waals surface area contributed by atoms with Gasteiger partial charge in [0, 0.05) is 0 Å². The molecule has 1 atom stereocenters. The Morgan fingerprint density at radius 3 is 1.47 bits per heavy atom. The lowest BCUT2D eigenvalue weighted by molar-refractivity contribution is 0.423. The molecule has 0 amide bonds. The van der Waals surface area contributed by atoms with Crippen LogP contribution in [0.25, 0.3) is 0 Å². The van der Waals surface area contributed by atoms with Crippen molar-refractivity contribution in [1.29, 1.82) is 0 Å². The van der Waals surface area contributed by atoms with E-state index in [1.165, 1.54) is 26.2 Å². The topological polar surface area (TPSA) is 9.72 Å². The zero-order valence-corrected chi connectivity index (χ0v) is 18.1. The Kier molecular flexibility index (Phi) is 8.98. The van der Waals surface area contributed by atoms with E-state index < -0.39 is 26.5 Å². The average molecular weight is 320 g/mol. The van der Waals surface area contributed by atoms with Crippen molar-refractivity contribution in [3.8, 4) is 0 Å². The molecule has 1 unspecified atom stereocenters. The smallest absolute Gasteiger partial charge is 0.187 e. The lowest BCUT2D eigenvalue weighted by Crippen LogP contribution is -2.71. The molecular formula is C13H37N3Si3. The molecule has 0 aliphatic rings. The van der Waals surface area contributed by atoms with Crippen LogP contribution in [0.4, 0.5) is 0 Å². The second-order valence-corrected chi connectivity index (χ2v) is 17.1. The first-order valence-electron chi connectivity index (χ1n) is 8.05. The molecule has 0 aromatic heterocycles. The van der Waals surface area contributed by atoms with E-state index in [-0.39, 0.29) is 0 Å². The van der Waals surface area contributed by atoms with Crippen molar-refractivity contribution in [2.45, 2.75) is 60.4 Å². The van der Waals surface area contributed by atoms with E-state index in [0.717, 1.165) is 0 Å². The van der Waals surface area contributed by atoms with Crippen molar-refractivity contribution in [2.75, 3.05) is 26.2 Å². The van der Waals surface area contributed by atoms with Gasteiger partial charge in [-0.2, -0.15) is 0 Å². The Hall–Kier alpha value is 0.531. The van der Waals surface area contributed by atoms with Crippen molar-refractivity contribution in [2.24, 2.45) is 0 Å². The van der Waals surface area contributed by atoms with Gasteiger partial charge in [0.05, 0.1) is 8.96 Å². The van der Waals surface area contributed by atoms with Crippen LogP contribution in [0.2, 0.25) is 32.7 Å². The summed E-state index contributed by atoms with van der Waals surface area (Å²) in [5.74, 6) is 0. The molecule has 0 saturated carbocycles. The van der Waals surface area contributed by atoms with Crippen LogP contribution >= 0.6 is 0 Å². The zero-order valence-electron chi connectivity index (χ0n) is 14.8. The summed E-state index contributed by atoms with van der Waals surface area (Å²) in [6, 6.07) is 0. The van der Waals surface area contributed by atoms with E-state index >= 15 is 0 Å². The van der Waals surface area contributed by atoms with Crippen molar-refractivity contribution >= 4 is 26.5 Å². The Bertz CT molecular complexity index is 241. The van der Waals surface area contributed by atoms with Gasteiger partial charge in [-0.3, -0.25) is 0 Å². The minimum absolute atomic E-state index is 0.763. The molecule has 0 aromatic rings. The second-order valence-electron chi connectivity index (χ2n) is 6.02. The highest BCUT2D eigenvalue weighted by atomic mass is 28.4. The molecule has 19 heavy (non-hydrogen) atoms. The van der Waals surface area contributed by atoms with Crippen molar-refractivity contribution < 1.29 is 0 Å². The van der Waals surface area contributed by atoms with Gasteiger partial charge in [0.25, 0.3) is 0 Å². The van der Waals surface area contributed by atoms with Gasteiger partial charge < -0.3 is 13.0 Å². The van der Waals surface area contributed by atoms with Crippen LogP contribution in [0.1, 0.15) is 27.7 Å². The summed E-state index contributed by atoms with van der Waals surface area (Å²) >= 11 is 0. The standard InChI is InChI=1S/C13H37N3Si3/c1-10-14(11-2)18(7)16(17(5)6)19(8,9)15(12-3)13-4/h17-18H,10-13H2,1-9H3. The summed E-state index contributed by atoms with van der Waals surface area (Å²) in [6.07, 6.45) is 0. The number of hydrogen-bond acceptors (Lipinski definition) is 3. The fourth-order valence-electron chi connectivity index (χ4n) is 3.61. The van der Waals surface area contributed by atoms with Crippen LogP contribution in [-0.4, -0.2) is 65.7 Å². The number of nitrogens with zero attached hydrogens (tertiary/aromatic N) is 3. The fraction of sp³-hybridized carbons (Fsp3) is 1.00. The molecule has 0 spiro atoms. The van der Waals surface area contributed by atoms with Crippen LogP contribution in [0.5, 0.6) is 0 Å². The predicted octanol–water partition coefficient (Wildman–Crippen LogP) is 2.51. The lowest BCUT2D eigenvalue weighted by Gasteiger charge is -2.51. The highest BCUT2D eigenvalue weighted by molar-refractivity contribution is 6.91. The molecule has 0 heterocycles. The number of hydrogen-bond donors (Lipinski definition) is 0. The molecule has 0 aliphatic heterocycles. The first-order chi connectivity index (χ1) is 8.77. The summed E-state index contributed by atoms with van der Waals surface area (Å²) < 4.78 is 8.56. The zero-order chi connectivity index (χ0) is 15.2. The van der Waals surface area contributed by atoms with Crippen LogP contribution in [0.15, 0.2) is 0 Å². The largest absolute Gasteiger partial charge is 0.349 e. The molecule has 0 radical (unpaired) electrons. The SMILES string of the molecule is CCN(CC)[SiH](C)N([SiH](C)C)[Si](C)(C)N(CC)CC. The summed E-state index contributed by atoms with van der Waals surface area (Å²) in [5.41, 5.74) is 0. The van der Waals surface area contributed by atoms with Gasteiger partial charge in [-0.25, -0.2) is 0 Å². The van der Waals surface area contributed by atoms with E-state index in [1.54, 1.807) is 0 Å². The third-order valence-corrected chi connectivity index (χ3v) is 21.2. The normalized spacial score (nSPS) is 15.0. The summed E-state index contributed by atoms with van der Waals surface area (Å²) in [4.78, 5) is 0. The highest BCUT2D eigenvalue weighted by Gasteiger charge is 2.40. The summed E-state index contributed by atoms with van der Waals surface area (Å²) in [5, 5.41) is 0. The first kappa shape index (κ1) is 19.5. The third kappa shape index (κ3) is 4.79. The van der Waals surface area contributed by atoms with E-state index in [0.29, 0.717) is 0 Å². The number of rotatable bonds is 9. The quantitative estimate of drug-likeness (QED) is 0.605. The monoisotopic (exact) mass is 319 g/mol. The maximum Gasteiger partial charge on any atom is 0.187 e. The van der Waals surface area contributed by atoms with Crippen molar-refractivity contribution in [3.05, 3.63) is 0 Å². The predicted molar refractivity (Wildman–Crippen MR) is 97.1 cm³/mol. The van der Waals surface area contributed by atoms with Crippen LogP contribution in [0, 0.1) is 0 Å². The van der Waals surface area contributed by atoms with E-state index in [1.807, 2.05) is 0 Å². The van der Waals surface area contributed by atoms with Crippen LogP contribution in [0.3, 0.4) is 0 Å². The van der Waals surface area contributed by atoms with Gasteiger partial charge in [-0.15, -0.1) is 0 Å². The molecule has 0 aromatic carbocycles. The Labute approximate surface area is 126 Å². The molecule has 0 N–H and O–H groups in total. The van der Waals surface area contributed by atoms with E-state index in [9.17, 15) is 0 Å². The van der Waals surface area contributed by atoms with E-state index in [4.69, 9.17) is 0 Å². The lowest BCUT2D eigenvalue weighted by atomic mass is 10.7. The summed E-state index contributed by atoms with van der Waals surface area (Å²) in [7, 11) is -3.15. The van der Waals surface area contributed by atoms with Crippen LogP contribution < -0.4 is 0 Å². The fourth-order valence-corrected chi connectivity index (χ4v) is 21.1. The molecule has 3 nitrogen and oxygen atoms in total. The third-order valence-electron chi connectivity index (χ3n) is 4.47. The minimum atomic E-state index is -1.44. The van der Waals surface area contributed by atoms with Crippen molar-refractivity contribution in [1.82, 2.24) is 13.0 Å². The maximum absolute atomic E-state index is 3.06. The summed E-state index contributed by atoms with van der Waals surface area (Å²) in [6.45, 7) is 26.8. The molecule has 0 bridgehead atoms. The molecule has 0 aliphatic carbocycles. The van der Waals surface area contributed by atoms with Crippen molar-refractivity contribution in [3.63, 3.8) is 0 Å². The Morgan fingerprint density at radius 2 is 1.21 bits per heavy atom. The first-order valence-corrected chi connectivity index (χ1v) is 16.0. The van der Waals surface area contributed by atoms with Gasteiger partial charge in [-0.05, 0) is 45.8 Å². The minimum Gasteiger partial charge on any atom is -0.349 e. The average Bonchev–Trinajstić information content (AvgIpc) is 2.30. The van der Waals surface area contributed by atoms with Gasteiger partial charge in [-0.1, -0.05) is 40.8 Å². The molecule has 6 heteroatoms. The molecule has 0 saturated heterocycles. The van der Waals surface area contributed by atoms with Gasteiger partial charge in [0.2, 0.25) is 0 Å². The molecule has 0 fully saturated rings. The Morgan fingerprint density at radius 1 is 0.789 bits per heavy atom. The second kappa shape index (κ2) is 8.74. The highest BCUT2D eigenvalue weighted by Crippen LogP contribution is 2.20. The van der Waals surface area contributed by atoms with Crippen LogP contribution in [-0.2, 0) is 0 Å². The van der Waals surface area contributed by atoms with E-state index in [2.05, 4.69) is 73.5 Å². The van der Waals surface area contributed by atoms with Gasteiger partial charge >= 0.3 is 0 Å². The molecular weight excluding hydrogens is 282 g/mol. The molecule has 0 rings (SSSR count). The maximum atomic E-state index is 3.06. The van der Waals surface area contributed by atoms with Gasteiger partial charge in [0.15, 0.2) is 17.5 Å². The van der Waals surface area contributed by atoms with Gasteiger partial charge in [0.1, 0.15) is 0 Å².